The van der Waals surface area contributed by atoms with E-state index < -0.39 is 0 Å². The van der Waals surface area contributed by atoms with Crippen LogP contribution in [0.1, 0.15) is 42.0 Å². The van der Waals surface area contributed by atoms with E-state index in [1.54, 1.807) is 0 Å². The molecule has 3 aliphatic rings. The maximum Gasteiger partial charge on any atom is 0.0476 e. The van der Waals surface area contributed by atoms with E-state index >= 15 is 0 Å². The van der Waals surface area contributed by atoms with E-state index in [0.717, 1.165) is 29.9 Å². The SMILES string of the molecule is C=C/C=C\C(=C/C)N1C(=C)C=C1C1Cc2cc(C=C)c(/C=C(\N)C3CC3)c(N(C)C)c2C1. The molecular weight excluding hydrogens is 390 g/mol. The molecule has 0 radical (unpaired) electrons. The minimum atomic E-state index is 0.430. The topological polar surface area (TPSA) is 32.5 Å². The molecule has 2 N–H and O–H groups in total. The summed E-state index contributed by atoms with van der Waals surface area (Å²) in [6, 6.07) is 2.33. The molecule has 3 nitrogen and oxygen atoms in total. The van der Waals surface area contributed by atoms with E-state index in [0.29, 0.717) is 11.8 Å². The third kappa shape index (κ3) is 3.88. The van der Waals surface area contributed by atoms with Gasteiger partial charge < -0.3 is 15.5 Å². The molecule has 1 unspecified atom stereocenters. The van der Waals surface area contributed by atoms with Gasteiger partial charge in [-0.1, -0.05) is 50.1 Å². The molecule has 32 heavy (non-hydrogen) atoms. The smallest absolute Gasteiger partial charge is 0.0476 e. The van der Waals surface area contributed by atoms with Crippen molar-refractivity contribution in [3.8, 4) is 0 Å². The summed E-state index contributed by atoms with van der Waals surface area (Å²) in [7, 11) is 4.27. The average molecular weight is 426 g/mol. The first kappa shape index (κ1) is 22.0. The van der Waals surface area contributed by atoms with Crippen LogP contribution in [0.2, 0.25) is 0 Å². The Labute approximate surface area is 193 Å². The number of benzene rings is 1. The Kier molecular flexibility index (Phi) is 6.01. The monoisotopic (exact) mass is 425 g/mol. The number of fused-ring (bicyclic) bond motifs is 1. The number of allylic oxidation sites excluding steroid dienone is 7. The van der Waals surface area contributed by atoms with Crippen molar-refractivity contribution in [3.63, 3.8) is 0 Å². The van der Waals surface area contributed by atoms with Gasteiger partial charge in [0.25, 0.3) is 0 Å². The van der Waals surface area contributed by atoms with Gasteiger partial charge in [-0.15, -0.1) is 0 Å². The van der Waals surface area contributed by atoms with Gasteiger partial charge in [0.2, 0.25) is 0 Å². The van der Waals surface area contributed by atoms with E-state index in [-0.39, 0.29) is 0 Å². The predicted octanol–water partition coefficient (Wildman–Crippen LogP) is 6.18. The summed E-state index contributed by atoms with van der Waals surface area (Å²) in [6.45, 7) is 14.2. The fourth-order valence-corrected chi connectivity index (χ4v) is 5.02. The highest BCUT2D eigenvalue weighted by Crippen LogP contribution is 2.46. The third-order valence-corrected chi connectivity index (χ3v) is 6.75. The number of nitrogens with zero attached hydrogens (tertiary/aromatic N) is 2. The Hall–Kier alpha value is -3.20. The molecule has 0 amide bonds. The van der Waals surface area contributed by atoms with E-state index in [2.05, 4.69) is 80.9 Å². The Balaban J connectivity index is 1.71. The molecule has 0 saturated heterocycles. The summed E-state index contributed by atoms with van der Waals surface area (Å²) < 4.78 is 0. The van der Waals surface area contributed by atoms with Crippen LogP contribution in [0, 0.1) is 11.8 Å². The van der Waals surface area contributed by atoms with Crippen molar-refractivity contribution in [3.05, 3.63) is 101 Å². The largest absolute Gasteiger partial charge is 0.402 e. The predicted molar refractivity (Wildman–Crippen MR) is 139 cm³/mol. The molecule has 0 spiro atoms. The summed E-state index contributed by atoms with van der Waals surface area (Å²) in [5.74, 6) is 0.977. The molecule has 1 aromatic carbocycles. The van der Waals surface area contributed by atoms with Crippen molar-refractivity contribution in [2.24, 2.45) is 17.6 Å². The van der Waals surface area contributed by atoms with Gasteiger partial charge in [-0.3, -0.25) is 0 Å². The molecule has 1 heterocycles. The quantitative estimate of drug-likeness (QED) is 0.505. The van der Waals surface area contributed by atoms with Crippen LogP contribution in [-0.4, -0.2) is 19.0 Å². The molecule has 4 rings (SSSR count). The summed E-state index contributed by atoms with van der Waals surface area (Å²) in [5.41, 5.74) is 17.5. The van der Waals surface area contributed by atoms with Crippen molar-refractivity contribution in [2.75, 3.05) is 19.0 Å². The number of nitrogens with two attached hydrogens (primary N) is 1. The lowest BCUT2D eigenvalue weighted by Crippen LogP contribution is -2.32. The van der Waals surface area contributed by atoms with Crippen molar-refractivity contribution < 1.29 is 0 Å². The Morgan fingerprint density at radius 3 is 2.53 bits per heavy atom. The van der Waals surface area contributed by atoms with E-state index in [4.69, 9.17) is 5.73 Å². The molecular formula is C29H35N3. The zero-order chi connectivity index (χ0) is 23.0. The lowest BCUT2D eigenvalue weighted by atomic mass is 9.93. The van der Waals surface area contributed by atoms with Crippen molar-refractivity contribution in [1.29, 1.82) is 0 Å². The van der Waals surface area contributed by atoms with Gasteiger partial charge in [-0.25, -0.2) is 0 Å². The van der Waals surface area contributed by atoms with Gasteiger partial charge in [-0.2, -0.15) is 0 Å². The highest BCUT2D eigenvalue weighted by molar-refractivity contribution is 5.81. The minimum Gasteiger partial charge on any atom is -0.402 e. The normalized spacial score (nSPS) is 20.8. The highest BCUT2D eigenvalue weighted by atomic mass is 15.2. The number of rotatable bonds is 8. The molecule has 1 aliphatic heterocycles. The average Bonchev–Trinajstić information content (AvgIpc) is 3.53. The van der Waals surface area contributed by atoms with Gasteiger partial charge >= 0.3 is 0 Å². The molecule has 2 aliphatic carbocycles. The van der Waals surface area contributed by atoms with Crippen LogP contribution in [0.3, 0.4) is 0 Å². The zero-order valence-corrected chi connectivity index (χ0v) is 19.7. The van der Waals surface area contributed by atoms with Crippen LogP contribution in [0.15, 0.2) is 79.0 Å². The van der Waals surface area contributed by atoms with Gasteiger partial charge in [0.1, 0.15) is 0 Å². The van der Waals surface area contributed by atoms with Crippen molar-refractivity contribution in [1.82, 2.24) is 4.90 Å². The van der Waals surface area contributed by atoms with Crippen molar-refractivity contribution in [2.45, 2.75) is 32.6 Å². The second-order valence-electron chi connectivity index (χ2n) is 9.19. The van der Waals surface area contributed by atoms with Crippen LogP contribution < -0.4 is 10.6 Å². The Bertz CT molecular complexity index is 1090. The van der Waals surface area contributed by atoms with Crippen LogP contribution in [0.25, 0.3) is 12.2 Å². The molecule has 166 valence electrons. The van der Waals surface area contributed by atoms with E-state index in [1.807, 2.05) is 18.2 Å². The van der Waals surface area contributed by atoms with Gasteiger partial charge in [0, 0.05) is 54.1 Å². The van der Waals surface area contributed by atoms with E-state index in [9.17, 15) is 0 Å². The summed E-state index contributed by atoms with van der Waals surface area (Å²) in [6.07, 6.45) is 18.9. The lowest BCUT2D eigenvalue weighted by Gasteiger charge is -2.39. The number of hydrogen-bond acceptors (Lipinski definition) is 3. The molecule has 1 fully saturated rings. The number of anilines is 1. The maximum absolute atomic E-state index is 6.44. The van der Waals surface area contributed by atoms with Gasteiger partial charge in [0.05, 0.1) is 0 Å². The van der Waals surface area contributed by atoms with Crippen LogP contribution >= 0.6 is 0 Å². The fraction of sp³-hybridized carbons (Fsp3) is 0.310. The molecule has 0 aromatic heterocycles. The summed E-state index contributed by atoms with van der Waals surface area (Å²) in [4.78, 5) is 4.53. The van der Waals surface area contributed by atoms with Crippen LogP contribution in [0.4, 0.5) is 5.69 Å². The van der Waals surface area contributed by atoms with Gasteiger partial charge in [-0.05, 0) is 73.4 Å². The lowest BCUT2D eigenvalue weighted by molar-refractivity contribution is 0.416. The summed E-state index contributed by atoms with van der Waals surface area (Å²) >= 11 is 0. The molecule has 3 heteroatoms. The Morgan fingerprint density at radius 2 is 1.97 bits per heavy atom. The van der Waals surface area contributed by atoms with Gasteiger partial charge in [0.15, 0.2) is 0 Å². The number of hydrogen-bond donors (Lipinski definition) is 1. The second kappa shape index (κ2) is 8.74. The maximum atomic E-state index is 6.44. The van der Waals surface area contributed by atoms with Crippen LogP contribution in [0.5, 0.6) is 0 Å². The molecule has 1 saturated carbocycles. The standard InChI is InChI=1S/C29H35N3/c1-7-10-11-24(9-3)32-19(4)14-28(32)23-16-22-15-20(8-2)26(18-27(30)21-12-13-21)29(31(5)6)25(22)17-23/h7-11,14-15,18,21,23H,1-2,4,12-13,16-17,30H2,3,5-6H3/b11-10-,24-9+,27-18-. The zero-order valence-electron chi connectivity index (χ0n) is 19.7. The first-order chi connectivity index (χ1) is 15.4. The molecule has 1 atom stereocenters. The first-order valence-electron chi connectivity index (χ1n) is 11.5. The summed E-state index contributed by atoms with van der Waals surface area (Å²) in [5, 5.41) is 0. The fourth-order valence-electron chi connectivity index (χ4n) is 5.02. The highest BCUT2D eigenvalue weighted by Gasteiger charge is 2.36. The molecule has 0 bridgehead atoms. The third-order valence-electron chi connectivity index (χ3n) is 6.75. The van der Waals surface area contributed by atoms with Crippen molar-refractivity contribution >= 4 is 17.8 Å². The first-order valence-corrected chi connectivity index (χ1v) is 11.5. The molecule has 1 aromatic rings. The minimum absolute atomic E-state index is 0.430. The Morgan fingerprint density at radius 1 is 1.22 bits per heavy atom. The van der Waals surface area contributed by atoms with Crippen LogP contribution in [-0.2, 0) is 12.8 Å². The second-order valence-corrected chi connectivity index (χ2v) is 9.19. The van der Waals surface area contributed by atoms with E-state index in [1.165, 1.54) is 46.5 Å².